The Hall–Kier alpha value is -2.76. The van der Waals surface area contributed by atoms with Crippen LogP contribution in [0.25, 0.3) is 0 Å². The van der Waals surface area contributed by atoms with E-state index in [1.54, 1.807) is 29.1 Å². The molecule has 1 saturated carbocycles. The Morgan fingerprint density at radius 3 is 2.82 bits per heavy atom. The van der Waals surface area contributed by atoms with Crippen molar-refractivity contribution in [3.05, 3.63) is 53.5 Å². The van der Waals surface area contributed by atoms with Crippen LogP contribution in [0.3, 0.4) is 0 Å². The van der Waals surface area contributed by atoms with E-state index < -0.39 is 30.6 Å². The van der Waals surface area contributed by atoms with Gasteiger partial charge in [-0.25, -0.2) is 0 Å². The van der Waals surface area contributed by atoms with E-state index in [0.717, 1.165) is 0 Å². The molecule has 2 atom stereocenters. The monoisotopic (exact) mass is 501 g/mol. The minimum atomic E-state index is -4.64. The van der Waals surface area contributed by atoms with Crippen molar-refractivity contribution in [2.75, 3.05) is 0 Å². The van der Waals surface area contributed by atoms with Crippen LogP contribution in [0.15, 0.2) is 42.9 Å². The molecule has 34 heavy (non-hydrogen) atoms. The van der Waals surface area contributed by atoms with Crippen molar-refractivity contribution in [1.29, 1.82) is 0 Å². The van der Waals surface area contributed by atoms with Gasteiger partial charge < -0.3 is 19.9 Å². The van der Waals surface area contributed by atoms with Crippen molar-refractivity contribution in [3.63, 3.8) is 0 Å². The third kappa shape index (κ3) is 6.22. The third-order valence-electron chi connectivity index (χ3n) is 5.54. The summed E-state index contributed by atoms with van der Waals surface area (Å²) in [6.45, 7) is 4.24. The van der Waals surface area contributed by atoms with E-state index in [0.29, 0.717) is 40.7 Å². The number of alkyl halides is 3. The van der Waals surface area contributed by atoms with E-state index >= 15 is 0 Å². The predicted octanol–water partition coefficient (Wildman–Crippen LogP) is 3.89. The first kappa shape index (κ1) is 24.4. The molecular formula is C22H23ClF3N3O5. The molecule has 1 amide bonds. The number of hydrogen-bond donors (Lipinski definition) is 2. The number of nitrogens with zero attached hydrogens (tertiary/aromatic N) is 2. The average molecular weight is 502 g/mol. The fraction of sp³-hybridized carbons (Fsp3) is 0.455. The van der Waals surface area contributed by atoms with Crippen LogP contribution in [0.1, 0.15) is 37.4 Å². The molecule has 8 nitrogen and oxygen atoms in total. The molecule has 0 unspecified atom stereocenters. The molecule has 12 heteroatoms. The number of hydrogen-bond acceptors (Lipinski definition) is 6. The van der Waals surface area contributed by atoms with E-state index in [1.807, 2.05) is 0 Å². The maximum atomic E-state index is 12.6. The predicted molar refractivity (Wildman–Crippen MR) is 114 cm³/mol. The number of aromatic nitrogens is 2. The van der Waals surface area contributed by atoms with Gasteiger partial charge in [0.25, 0.3) is 5.91 Å². The topological polar surface area (TPSA) is 94.8 Å². The van der Waals surface area contributed by atoms with Crippen LogP contribution < -0.4 is 14.8 Å². The highest BCUT2D eigenvalue weighted by Crippen LogP contribution is 2.36. The Morgan fingerprint density at radius 2 is 2.09 bits per heavy atom. The zero-order valence-corrected chi connectivity index (χ0v) is 18.7. The largest absolute Gasteiger partial charge is 0.522 e. The van der Waals surface area contributed by atoms with Crippen molar-refractivity contribution in [2.45, 2.75) is 63.0 Å². The highest BCUT2D eigenvalue weighted by molar-refractivity contribution is 6.30. The Kier molecular flexibility index (Phi) is 7.06. The van der Waals surface area contributed by atoms with Gasteiger partial charge in [0, 0.05) is 48.5 Å². The van der Waals surface area contributed by atoms with Gasteiger partial charge in [-0.05, 0) is 18.2 Å². The van der Waals surface area contributed by atoms with Crippen LogP contribution in [0.2, 0.25) is 5.02 Å². The molecule has 2 aromatic rings. The molecule has 2 aliphatic rings. The minimum Gasteiger partial charge on any atom is -0.487 e. The van der Waals surface area contributed by atoms with E-state index in [4.69, 9.17) is 21.1 Å². The van der Waals surface area contributed by atoms with Crippen molar-refractivity contribution < 1.29 is 37.3 Å². The maximum Gasteiger partial charge on any atom is 0.522 e. The molecule has 4 rings (SSSR count). The Morgan fingerprint density at radius 1 is 1.32 bits per heavy atom. The number of rotatable bonds is 8. The van der Waals surface area contributed by atoms with E-state index in [2.05, 4.69) is 21.7 Å². The average Bonchev–Trinajstić information content (AvgIpc) is 3.17. The molecule has 2 N–H and O–H groups in total. The first-order valence-electron chi connectivity index (χ1n) is 10.6. The summed E-state index contributed by atoms with van der Waals surface area (Å²) >= 11 is 5.94. The number of amides is 1. The number of nitrogens with one attached hydrogen (secondary N) is 1. The van der Waals surface area contributed by atoms with Gasteiger partial charge >= 0.3 is 6.36 Å². The Bertz CT molecular complexity index is 1050. The summed E-state index contributed by atoms with van der Waals surface area (Å²) in [4.78, 5) is 12.6. The summed E-state index contributed by atoms with van der Waals surface area (Å²) in [5.41, 5.74) is 0.978. The molecule has 0 saturated heterocycles. The lowest BCUT2D eigenvalue weighted by Crippen LogP contribution is -2.42. The first-order valence-corrected chi connectivity index (χ1v) is 11.0. The second kappa shape index (κ2) is 9.85. The van der Waals surface area contributed by atoms with Crippen molar-refractivity contribution in [3.8, 4) is 11.5 Å². The van der Waals surface area contributed by atoms with Crippen molar-refractivity contribution in [2.24, 2.45) is 0 Å². The molecular weight excluding hydrogens is 479 g/mol. The van der Waals surface area contributed by atoms with E-state index in [1.165, 1.54) is 6.20 Å². The summed E-state index contributed by atoms with van der Waals surface area (Å²) in [7, 11) is 0. The van der Waals surface area contributed by atoms with Crippen LogP contribution in [-0.4, -0.2) is 45.5 Å². The van der Waals surface area contributed by atoms with Gasteiger partial charge in [0.1, 0.15) is 11.9 Å². The molecule has 1 fully saturated rings. The second-order valence-corrected chi connectivity index (χ2v) is 8.66. The zero-order valence-electron chi connectivity index (χ0n) is 17.9. The summed E-state index contributed by atoms with van der Waals surface area (Å²) in [6.07, 6.45) is -3.76. The smallest absolute Gasteiger partial charge is 0.487 e. The van der Waals surface area contributed by atoms with Gasteiger partial charge in [-0.1, -0.05) is 18.2 Å². The fourth-order valence-electron chi connectivity index (χ4n) is 3.76. The normalized spacial score (nSPS) is 23.9. The molecule has 0 radical (unpaired) electrons. The number of carbonyl (C=O) groups excluding carboxylic acids is 1. The van der Waals surface area contributed by atoms with Gasteiger partial charge in [0.2, 0.25) is 0 Å². The van der Waals surface area contributed by atoms with Crippen molar-refractivity contribution in [1.82, 2.24) is 15.1 Å². The quantitative estimate of drug-likeness (QED) is 0.570. The van der Waals surface area contributed by atoms with E-state index in [-0.39, 0.29) is 25.4 Å². The number of halogens is 4. The zero-order chi connectivity index (χ0) is 24.5. The maximum absolute atomic E-state index is 12.6. The number of aliphatic hydroxyl groups is 1. The van der Waals surface area contributed by atoms with Crippen LogP contribution in [0.5, 0.6) is 11.5 Å². The molecule has 0 bridgehead atoms. The summed E-state index contributed by atoms with van der Waals surface area (Å²) in [6, 6.07) is 4.84. The van der Waals surface area contributed by atoms with E-state index in [9.17, 15) is 23.1 Å². The van der Waals surface area contributed by atoms with Crippen LogP contribution in [0, 0.1) is 0 Å². The first-order chi connectivity index (χ1) is 16.1. The number of fused-ring (bicyclic) bond motifs is 1. The second-order valence-electron chi connectivity index (χ2n) is 8.22. The lowest BCUT2D eigenvalue weighted by molar-refractivity contribution is -0.355. The highest BCUT2D eigenvalue weighted by atomic mass is 35.5. The van der Waals surface area contributed by atoms with Crippen LogP contribution >= 0.6 is 11.6 Å². The van der Waals surface area contributed by atoms with Crippen molar-refractivity contribution >= 4 is 17.5 Å². The number of ether oxygens (including phenoxy) is 3. The van der Waals surface area contributed by atoms with Crippen LogP contribution in [0.4, 0.5) is 13.2 Å². The summed E-state index contributed by atoms with van der Waals surface area (Å²) in [5.74, 6) is 0.420. The number of aliphatic hydroxyl groups excluding tert-OH is 1. The lowest BCUT2D eigenvalue weighted by Gasteiger charge is -2.34. The van der Waals surface area contributed by atoms with Gasteiger partial charge in [-0.15, -0.1) is 13.2 Å². The van der Waals surface area contributed by atoms with Gasteiger partial charge in [0.05, 0.1) is 24.6 Å². The van der Waals surface area contributed by atoms with Gasteiger partial charge in [-0.3, -0.25) is 14.2 Å². The number of allylic oxidation sites excluding steroid dienone is 1. The Labute approximate surface area is 198 Å². The lowest BCUT2D eigenvalue weighted by atomic mass is 9.92. The standard InChI is InChI=1S/C22H23ClF3N3O5/c1-12(28-21(31)20-9-18(30)17-6-13(23)2-3-19(17)33-20)4-5-29-11-16(10-27-29)32-14-7-15(8-14)34-22(24,25)26/h2-3,6,10-11,14-15,18,20,30H,1,4-5,7-9H2,(H,28,31)/t14-,15+,18-,20+/m1/s1. The summed E-state index contributed by atoms with van der Waals surface area (Å²) in [5, 5.41) is 17.6. The number of aryl methyl sites for hydroxylation is 1. The third-order valence-corrected chi connectivity index (χ3v) is 5.77. The molecule has 184 valence electrons. The number of carbonyl (C=O) groups is 1. The van der Waals surface area contributed by atoms with Crippen LogP contribution in [-0.2, 0) is 16.1 Å². The molecule has 1 aromatic heterocycles. The fourth-order valence-corrected chi connectivity index (χ4v) is 3.95. The Balaban J connectivity index is 1.19. The van der Waals surface area contributed by atoms with Gasteiger partial charge in [-0.2, -0.15) is 5.10 Å². The molecule has 1 aliphatic heterocycles. The minimum absolute atomic E-state index is 0.0857. The molecule has 1 aliphatic carbocycles. The summed E-state index contributed by atoms with van der Waals surface area (Å²) < 4.78 is 53.3. The van der Waals surface area contributed by atoms with Gasteiger partial charge in [0.15, 0.2) is 11.9 Å². The molecule has 1 aromatic carbocycles. The molecule has 0 spiro atoms. The SMILES string of the molecule is C=C(CCn1cc(O[C@H]2C[C@@H](OC(F)(F)F)C2)cn1)NC(=O)[C@@H]1C[C@@H](O)c2cc(Cl)ccc2O1. The highest BCUT2D eigenvalue weighted by Gasteiger charge is 2.41. The molecule has 2 heterocycles. The number of benzene rings is 1.